The molecule has 0 aliphatic carbocycles. The van der Waals surface area contributed by atoms with Gasteiger partial charge in [0.25, 0.3) is 0 Å². The van der Waals surface area contributed by atoms with Crippen LogP contribution in [0.2, 0.25) is 0 Å². The van der Waals surface area contributed by atoms with Crippen LogP contribution < -0.4 is 0 Å². The fraction of sp³-hybridized carbons (Fsp3) is 0.500. The molecular formula is C12H18F4. The van der Waals surface area contributed by atoms with Crippen LogP contribution in [0.3, 0.4) is 0 Å². The van der Waals surface area contributed by atoms with Crippen LogP contribution in [0, 0.1) is 12.7 Å². The highest BCUT2D eigenvalue weighted by Gasteiger charge is 2.30. The van der Waals surface area contributed by atoms with Crippen molar-refractivity contribution < 1.29 is 17.6 Å². The molecule has 0 unspecified atom stereocenters. The van der Waals surface area contributed by atoms with E-state index < -0.39 is 17.6 Å². The topological polar surface area (TPSA) is 0 Å². The molecule has 0 heterocycles. The normalized spacial score (nSPS) is 9.56. The third-order valence-electron chi connectivity index (χ3n) is 1.50. The van der Waals surface area contributed by atoms with E-state index in [4.69, 9.17) is 0 Å². The van der Waals surface area contributed by atoms with Gasteiger partial charge in [-0.15, -0.1) is 0 Å². The maximum atomic E-state index is 12.6. The summed E-state index contributed by atoms with van der Waals surface area (Å²) in [7, 11) is 0. The van der Waals surface area contributed by atoms with E-state index in [1.165, 1.54) is 6.92 Å². The van der Waals surface area contributed by atoms with Crippen molar-refractivity contribution in [2.24, 2.45) is 0 Å². The smallest absolute Gasteiger partial charge is 0.207 e. The fourth-order valence-corrected chi connectivity index (χ4v) is 0.769. The summed E-state index contributed by atoms with van der Waals surface area (Å²) in [4.78, 5) is 0. The zero-order valence-electron chi connectivity index (χ0n) is 10.2. The first-order valence-electron chi connectivity index (χ1n) is 5.24. The summed E-state index contributed by atoms with van der Waals surface area (Å²) < 4.78 is 48.4. The summed E-state index contributed by atoms with van der Waals surface area (Å²) in [6.45, 7) is 9.41. The SMILES string of the molecule is CC.CC.Cc1ccc(C(F)(F)F)cc1F. The van der Waals surface area contributed by atoms with E-state index in [0.717, 1.165) is 12.1 Å². The molecule has 0 N–H and O–H groups in total. The molecule has 1 aromatic rings. The summed E-state index contributed by atoms with van der Waals surface area (Å²) in [5, 5.41) is 0. The zero-order chi connectivity index (χ0) is 13.4. The zero-order valence-corrected chi connectivity index (χ0v) is 10.2. The predicted molar refractivity (Wildman–Crippen MR) is 58.8 cm³/mol. The largest absolute Gasteiger partial charge is 0.416 e. The Bertz CT molecular complexity index is 290. The molecule has 0 radical (unpaired) electrons. The van der Waals surface area contributed by atoms with Crippen molar-refractivity contribution in [1.29, 1.82) is 0 Å². The van der Waals surface area contributed by atoms with Gasteiger partial charge in [0.05, 0.1) is 5.56 Å². The number of benzene rings is 1. The van der Waals surface area contributed by atoms with Gasteiger partial charge in [0.2, 0.25) is 0 Å². The van der Waals surface area contributed by atoms with Crippen LogP contribution in [0.4, 0.5) is 17.6 Å². The minimum Gasteiger partial charge on any atom is -0.207 e. The molecule has 0 saturated heterocycles. The van der Waals surface area contributed by atoms with Crippen LogP contribution in [0.5, 0.6) is 0 Å². The van der Waals surface area contributed by atoms with Gasteiger partial charge in [-0.3, -0.25) is 0 Å². The summed E-state index contributed by atoms with van der Waals surface area (Å²) in [5.41, 5.74) is -0.742. The van der Waals surface area contributed by atoms with Crippen LogP contribution in [-0.4, -0.2) is 0 Å². The Morgan fingerprint density at radius 3 is 1.69 bits per heavy atom. The summed E-state index contributed by atoms with van der Waals surface area (Å²) in [5.74, 6) is -0.829. The second kappa shape index (κ2) is 8.13. The van der Waals surface area contributed by atoms with E-state index in [1.807, 2.05) is 27.7 Å². The van der Waals surface area contributed by atoms with E-state index in [1.54, 1.807) is 0 Å². The van der Waals surface area contributed by atoms with Gasteiger partial charge in [-0.1, -0.05) is 33.8 Å². The Balaban J connectivity index is 0. The van der Waals surface area contributed by atoms with Crippen molar-refractivity contribution in [1.82, 2.24) is 0 Å². The minimum absolute atomic E-state index is 0.211. The van der Waals surface area contributed by atoms with Crippen LogP contribution in [0.1, 0.15) is 38.8 Å². The molecule has 0 aromatic heterocycles. The first kappa shape index (κ1) is 17.3. The van der Waals surface area contributed by atoms with Gasteiger partial charge in [0, 0.05) is 0 Å². The number of hydrogen-bond donors (Lipinski definition) is 0. The molecule has 0 nitrogen and oxygen atoms in total. The number of aryl methyl sites for hydroxylation is 1. The van der Waals surface area contributed by atoms with Gasteiger partial charge in [0.15, 0.2) is 0 Å². The second-order valence-electron chi connectivity index (χ2n) is 2.46. The Morgan fingerprint density at radius 2 is 1.38 bits per heavy atom. The number of alkyl halides is 3. The molecule has 4 heteroatoms. The molecule has 0 atom stereocenters. The lowest BCUT2D eigenvalue weighted by Gasteiger charge is -2.06. The quantitative estimate of drug-likeness (QED) is 0.544. The molecule has 0 saturated carbocycles. The molecule has 0 bridgehead atoms. The first-order chi connectivity index (χ1) is 7.41. The highest BCUT2D eigenvalue weighted by atomic mass is 19.4. The average Bonchev–Trinajstić information content (AvgIpc) is 2.26. The van der Waals surface area contributed by atoms with E-state index in [0.29, 0.717) is 6.07 Å². The van der Waals surface area contributed by atoms with Gasteiger partial charge >= 0.3 is 6.18 Å². The molecule has 1 rings (SSSR count). The van der Waals surface area contributed by atoms with E-state index in [2.05, 4.69) is 0 Å². The van der Waals surface area contributed by atoms with E-state index in [9.17, 15) is 17.6 Å². The molecule has 16 heavy (non-hydrogen) atoms. The Morgan fingerprint density at radius 1 is 0.938 bits per heavy atom. The van der Waals surface area contributed by atoms with Crippen LogP contribution in [0.25, 0.3) is 0 Å². The lowest BCUT2D eigenvalue weighted by atomic mass is 10.1. The Labute approximate surface area is 94.3 Å². The molecule has 0 amide bonds. The predicted octanol–water partition coefficient (Wildman–Crippen LogP) is 5.21. The lowest BCUT2D eigenvalue weighted by molar-refractivity contribution is -0.137. The van der Waals surface area contributed by atoms with Gasteiger partial charge in [-0.2, -0.15) is 13.2 Å². The molecule has 0 fully saturated rings. The van der Waals surface area contributed by atoms with Gasteiger partial charge in [-0.25, -0.2) is 4.39 Å². The van der Waals surface area contributed by atoms with Gasteiger partial charge in [-0.05, 0) is 24.6 Å². The van der Waals surface area contributed by atoms with Crippen LogP contribution in [0.15, 0.2) is 18.2 Å². The maximum Gasteiger partial charge on any atom is 0.416 e. The lowest BCUT2D eigenvalue weighted by Crippen LogP contribution is -2.05. The Kier molecular flexibility index (Phi) is 8.81. The molecule has 0 aliphatic rings. The second-order valence-corrected chi connectivity index (χ2v) is 2.46. The third kappa shape index (κ3) is 5.73. The third-order valence-corrected chi connectivity index (χ3v) is 1.50. The van der Waals surface area contributed by atoms with E-state index in [-0.39, 0.29) is 5.56 Å². The highest BCUT2D eigenvalue weighted by Crippen LogP contribution is 2.29. The summed E-state index contributed by atoms with van der Waals surface area (Å²) in [6.07, 6.45) is -4.46. The van der Waals surface area contributed by atoms with Gasteiger partial charge < -0.3 is 0 Å². The Hall–Kier alpha value is -1.06. The van der Waals surface area contributed by atoms with Crippen LogP contribution >= 0.6 is 0 Å². The standard InChI is InChI=1S/C8H6F4.2C2H6/c1-5-2-3-6(4-7(5)9)8(10,11)12;2*1-2/h2-4H,1H3;2*1-2H3. The summed E-state index contributed by atoms with van der Waals surface area (Å²) in [6, 6.07) is 2.46. The minimum atomic E-state index is -4.46. The molecule has 1 aromatic carbocycles. The highest BCUT2D eigenvalue weighted by molar-refractivity contribution is 5.25. The number of rotatable bonds is 0. The fourth-order valence-electron chi connectivity index (χ4n) is 0.769. The monoisotopic (exact) mass is 238 g/mol. The van der Waals surface area contributed by atoms with Crippen molar-refractivity contribution in [2.75, 3.05) is 0 Å². The summed E-state index contributed by atoms with van der Waals surface area (Å²) >= 11 is 0. The van der Waals surface area contributed by atoms with Crippen molar-refractivity contribution in [3.63, 3.8) is 0 Å². The number of hydrogen-bond acceptors (Lipinski definition) is 0. The maximum absolute atomic E-state index is 12.6. The van der Waals surface area contributed by atoms with Crippen molar-refractivity contribution in [3.8, 4) is 0 Å². The van der Waals surface area contributed by atoms with E-state index >= 15 is 0 Å². The van der Waals surface area contributed by atoms with Crippen molar-refractivity contribution >= 4 is 0 Å². The molecule has 0 spiro atoms. The average molecular weight is 238 g/mol. The van der Waals surface area contributed by atoms with Crippen LogP contribution in [-0.2, 0) is 6.18 Å². The molecule has 0 aliphatic heterocycles. The number of halogens is 4. The van der Waals surface area contributed by atoms with Crippen molar-refractivity contribution in [2.45, 2.75) is 40.8 Å². The van der Waals surface area contributed by atoms with Gasteiger partial charge in [0.1, 0.15) is 5.82 Å². The molecular weight excluding hydrogens is 220 g/mol. The first-order valence-corrected chi connectivity index (χ1v) is 5.24. The molecule has 94 valence electrons. The van der Waals surface area contributed by atoms with Crippen molar-refractivity contribution in [3.05, 3.63) is 35.1 Å².